The van der Waals surface area contributed by atoms with E-state index in [0.29, 0.717) is 35.9 Å². The van der Waals surface area contributed by atoms with E-state index in [0.717, 1.165) is 23.1 Å². The van der Waals surface area contributed by atoms with E-state index in [1.54, 1.807) is 10.9 Å². The van der Waals surface area contributed by atoms with Gasteiger partial charge < -0.3 is 19.7 Å². The monoisotopic (exact) mass is 481 g/mol. The molecule has 1 aromatic carbocycles. The summed E-state index contributed by atoms with van der Waals surface area (Å²) < 4.78 is 13.6. The average molecular weight is 482 g/mol. The third-order valence-electron chi connectivity index (χ3n) is 5.89. The van der Waals surface area contributed by atoms with Crippen LogP contribution < -0.4 is 14.8 Å². The standard InChI is InChI=1S/C24H27N7O2.ClH/c1-30-11-3-4-17(30)10-13-32-19-6-8-23(25-15-19)33-18-5-7-21-20(14-18)24(27-16-26-21)28-22-9-12-31(2)29-22;/h5-9,12,14-17H,3-4,10-11,13H2,1-2H3,(H,26,27,28,29);1H. The molecule has 4 aromatic rings. The van der Waals surface area contributed by atoms with E-state index in [-0.39, 0.29) is 12.4 Å². The van der Waals surface area contributed by atoms with Crippen LogP contribution in [0.25, 0.3) is 10.9 Å². The van der Waals surface area contributed by atoms with Crippen LogP contribution >= 0.6 is 12.4 Å². The zero-order valence-corrected chi connectivity index (χ0v) is 20.0. The maximum absolute atomic E-state index is 5.97. The highest BCUT2D eigenvalue weighted by Gasteiger charge is 2.20. The van der Waals surface area contributed by atoms with Gasteiger partial charge in [-0.3, -0.25) is 4.68 Å². The zero-order chi connectivity index (χ0) is 22.6. The minimum absolute atomic E-state index is 0. The predicted molar refractivity (Wildman–Crippen MR) is 133 cm³/mol. The van der Waals surface area contributed by atoms with Gasteiger partial charge >= 0.3 is 0 Å². The molecular formula is C24H28ClN7O2. The highest BCUT2D eigenvalue weighted by Crippen LogP contribution is 2.29. The Morgan fingerprint density at radius 2 is 1.94 bits per heavy atom. The number of rotatable bonds is 8. The molecule has 34 heavy (non-hydrogen) atoms. The molecule has 1 N–H and O–H groups in total. The summed E-state index contributed by atoms with van der Waals surface area (Å²) in [6.45, 7) is 1.87. The fourth-order valence-electron chi connectivity index (χ4n) is 4.09. The zero-order valence-electron chi connectivity index (χ0n) is 19.2. The van der Waals surface area contributed by atoms with Crippen molar-refractivity contribution in [3.8, 4) is 17.4 Å². The number of fused-ring (bicyclic) bond motifs is 1. The summed E-state index contributed by atoms with van der Waals surface area (Å²) in [5, 5.41) is 8.41. The lowest BCUT2D eigenvalue weighted by Crippen LogP contribution is -2.26. The quantitative estimate of drug-likeness (QED) is 0.391. The smallest absolute Gasteiger partial charge is 0.219 e. The highest BCUT2D eigenvalue weighted by atomic mass is 35.5. The normalized spacial score (nSPS) is 15.8. The first-order valence-electron chi connectivity index (χ1n) is 11.1. The fraction of sp³-hybridized carbons (Fsp3) is 0.333. The van der Waals surface area contributed by atoms with Gasteiger partial charge in [-0.25, -0.2) is 15.0 Å². The lowest BCUT2D eigenvalue weighted by Gasteiger charge is -2.19. The number of nitrogens with one attached hydrogen (secondary N) is 1. The SMILES string of the molecule is CN1CCCC1CCOc1ccc(Oc2ccc3ncnc(Nc4ccn(C)n4)c3c2)nc1.Cl. The molecule has 1 unspecified atom stereocenters. The summed E-state index contributed by atoms with van der Waals surface area (Å²) in [7, 11) is 4.05. The number of halogens is 1. The molecule has 1 atom stereocenters. The molecule has 178 valence electrons. The number of aromatic nitrogens is 5. The van der Waals surface area contributed by atoms with Crippen LogP contribution in [0.2, 0.25) is 0 Å². The first-order valence-corrected chi connectivity index (χ1v) is 11.1. The van der Waals surface area contributed by atoms with Crippen LogP contribution in [0.1, 0.15) is 19.3 Å². The number of anilines is 2. The van der Waals surface area contributed by atoms with Crippen LogP contribution in [0.15, 0.2) is 55.1 Å². The van der Waals surface area contributed by atoms with Gasteiger partial charge in [-0.15, -0.1) is 12.4 Å². The van der Waals surface area contributed by atoms with Gasteiger partial charge in [0.1, 0.15) is 23.6 Å². The summed E-state index contributed by atoms with van der Waals surface area (Å²) in [6, 6.07) is 11.9. The van der Waals surface area contributed by atoms with Gasteiger partial charge in [0.2, 0.25) is 5.88 Å². The Labute approximate surface area is 204 Å². The first-order chi connectivity index (χ1) is 16.1. The Morgan fingerprint density at radius 3 is 2.68 bits per heavy atom. The van der Waals surface area contributed by atoms with Gasteiger partial charge in [-0.2, -0.15) is 5.10 Å². The van der Waals surface area contributed by atoms with Gasteiger partial charge in [0.15, 0.2) is 5.82 Å². The summed E-state index contributed by atoms with van der Waals surface area (Å²) in [5.74, 6) is 3.26. The van der Waals surface area contributed by atoms with Gasteiger partial charge in [0, 0.05) is 36.8 Å². The molecule has 0 aliphatic carbocycles. The molecule has 10 heteroatoms. The largest absolute Gasteiger partial charge is 0.492 e. The van der Waals surface area contributed by atoms with Crippen molar-refractivity contribution in [1.82, 2.24) is 29.6 Å². The minimum atomic E-state index is 0. The maximum Gasteiger partial charge on any atom is 0.219 e. The van der Waals surface area contributed by atoms with Crippen molar-refractivity contribution >= 4 is 34.9 Å². The average Bonchev–Trinajstić information content (AvgIpc) is 3.43. The Bertz CT molecular complexity index is 1230. The van der Waals surface area contributed by atoms with E-state index in [1.165, 1.54) is 25.7 Å². The van der Waals surface area contributed by atoms with Crippen molar-refractivity contribution in [3.05, 3.63) is 55.1 Å². The second kappa shape index (κ2) is 10.7. The topological polar surface area (TPSA) is 90.2 Å². The van der Waals surface area contributed by atoms with E-state index in [4.69, 9.17) is 9.47 Å². The summed E-state index contributed by atoms with van der Waals surface area (Å²) in [6.07, 6.45) is 8.65. The van der Waals surface area contributed by atoms with Crippen molar-refractivity contribution in [2.75, 3.05) is 25.5 Å². The van der Waals surface area contributed by atoms with E-state index < -0.39 is 0 Å². The van der Waals surface area contributed by atoms with Gasteiger partial charge in [-0.05, 0) is 57.1 Å². The van der Waals surface area contributed by atoms with Crippen molar-refractivity contribution in [2.45, 2.75) is 25.3 Å². The van der Waals surface area contributed by atoms with Crippen molar-refractivity contribution in [1.29, 1.82) is 0 Å². The Hall–Kier alpha value is -3.43. The molecule has 4 heterocycles. The number of ether oxygens (including phenoxy) is 2. The van der Waals surface area contributed by atoms with Crippen LogP contribution in [0.5, 0.6) is 17.4 Å². The minimum Gasteiger partial charge on any atom is -0.492 e. The molecule has 1 aliphatic heterocycles. The van der Waals surface area contributed by atoms with Crippen LogP contribution in [-0.2, 0) is 7.05 Å². The number of hydrogen-bond donors (Lipinski definition) is 1. The molecule has 1 fully saturated rings. The lowest BCUT2D eigenvalue weighted by molar-refractivity contribution is 0.232. The highest BCUT2D eigenvalue weighted by molar-refractivity contribution is 5.91. The molecule has 1 saturated heterocycles. The second-order valence-electron chi connectivity index (χ2n) is 8.25. The molecule has 0 amide bonds. The van der Waals surface area contributed by atoms with Crippen molar-refractivity contribution in [2.24, 2.45) is 7.05 Å². The number of benzene rings is 1. The van der Waals surface area contributed by atoms with Crippen LogP contribution in [0.3, 0.4) is 0 Å². The fourth-order valence-corrected chi connectivity index (χ4v) is 4.09. The molecular weight excluding hydrogens is 454 g/mol. The first kappa shape index (κ1) is 23.7. The molecule has 0 spiro atoms. The molecule has 0 radical (unpaired) electrons. The van der Waals surface area contributed by atoms with Crippen LogP contribution in [-0.4, -0.2) is 55.9 Å². The predicted octanol–water partition coefficient (Wildman–Crippen LogP) is 4.58. The van der Waals surface area contributed by atoms with Crippen molar-refractivity contribution < 1.29 is 9.47 Å². The lowest BCUT2D eigenvalue weighted by atomic mass is 10.1. The van der Waals surface area contributed by atoms with Crippen LogP contribution in [0.4, 0.5) is 11.6 Å². The van der Waals surface area contributed by atoms with E-state index >= 15 is 0 Å². The molecule has 5 rings (SSSR count). The Balaban J connectivity index is 0.00000274. The van der Waals surface area contributed by atoms with E-state index in [1.807, 2.05) is 49.6 Å². The third-order valence-corrected chi connectivity index (χ3v) is 5.89. The Kier molecular flexibility index (Phi) is 7.44. The van der Waals surface area contributed by atoms with Gasteiger partial charge in [0.05, 0.1) is 18.3 Å². The number of aryl methyl sites for hydroxylation is 1. The maximum atomic E-state index is 5.97. The number of nitrogens with zero attached hydrogens (tertiary/aromatic N) is 6. The molecule has 3 aromatic heterocycles. The van der Waals surface area contributed by atoms with Crippen LogP contribution in [0, 0.1) is 0 Å². The molecule has 9 nitrogen and oxygen atoms in total. The third kappa shape index (κ3) is 5.55. The molecule has 0 saturated carbocycles. The number of pyridine rings is 1. The second-order valence-corrected chi connectivity index (χ2v) is 8.25. The number of hydrogen-bond acceptors (Lipinski definition) is 8. The Morgan fingerprint density at radius 1 is 1.06 bits per heavy atom. The van der Waals surface area contributed by atoms with E-state index in [2.05, 4.69) is 37.3 Å². The number of likely N-dealkylation sites (tertiary alicyclic amines) is 1. The summed E-state index contributed by atoms with van der Waals surface area (Å²) in [5.41, 5.74) is 0.806. The molecule has 0 bridgehead atoms. The summed E-state index contributed by atoms with van der Waals surface area (Å²) >= 11 is 0. The van der Waals surface area contributed by atoms with Gasteiger partial charge in [-0.1, -0.05) is 0 Å². The summed E-state index contributed by atoms with van der Waals surface area (Å²) in [4.78, 5) is 15.5. The van der Waals surface area contributed by atoms with E-state index in [9.17, 15) is 0 Å². The van der Waals surface area contributed by atoms with Crippen molar-refractivity contribution in [3.63, 3.8) is 0 Å². The molecule has 1 aliphatic rings. The van der Waals surface area contributed by atoms with Gasteiger partial charge in [0.25, 0.3) is 0 Å².